The first-order valence-corrected chi connectivity index (χ1v) is 12.4. The normalized spacial score (nSPS) is 12.0. The Kier molecular flexibility index (Phi) is 8.19. The number of carbonyl (C=O) groups excluding carboxylic acids is 2. The Bertz CT molecular complexity index is 1240. The first-order chi connectivity index (χ1) is 15.3. The molecule has 0 bridgehead atoms. The minimum atomic E-state index is -3.90. The molecule has 0 heterocycles. The molecular formula is C20H26N4O7S2. The van der Waals surface area contributed by atoms with Gasteiger partial charge < -0.3 is 4.74 Å². The molecule has 0 aliphatic heterocycles. The fourth-order valence-corrected chi connectivity index (χ4v) is 4.83. The molecule has 2 amide bonds. The van der Waals surface area contributed by atoms with Crippen molar-refractivity contribution in [2.45, 2.75) is 16.7 Å². The SMILES string of the molecule is COc1ccc(C(=O)NNC(=O)CN(C)S(=O)(=O)c2ccc(C)cc2)cc1S(=O)(=O)N(C)C. The number of methoxy groups -OCH3 is 1. The van der Waals surface area contributed by atoms with Crippen molar-refractivity contribution in [3.63, 3.8) is 0 Å². The number of ether oxygens (including phenoxy) is 1. The van der Waals surface area contributed by atoms with Crippen molar-refractivity contribution in [1.82, 2.24) is 19.5 Å². The molecule has 0 spiro atoms. The van der Waals surface area contributed by atoms with Gasteiger partial charge in [0.1, 0.15) is 10.6 Å². The number of sulfonamides is 2. The van der Waals surface area contributed by atoms with Crippen LogP contribution in [0.15, 0.2) is 52.3 Å². The van der Waals surface area contributed by atoms with Gasteiger partial charge >= 0.3 is 0 Å². The van der Waals surface area contributed by atoms with E-state index < -0.39 is 38.4 Å². The van der Waals surface area contributed by atoms with Gasteiger partial charge in [-0.05, 0) is 37.3 Å². The first kappa shape index (κ1) is 26.3. The Morgan fingerprint density at radius 2 is 1.52 bits per heavy atom. The van der Waals surface area contributed by atoms with Gasteiger partial charge in [-0.2, -0.15) is 4.31 Å². The van der Waals surface area contributed by atoms with Crippen LogP contribution in [0.4, 0.5) is 0 Å². The molecule has 2 aromatic carbocycles. The van der Waals surface area contributed by atoms with Gasteiger partial charge in [-0.1, -0.05) is 17.7 Å². The van der Waals surface area contributed by atoms with Crippen molar-refractivity contribution in [2.24, 2.45) is 0 Å². The highest BCUT2D eigenvalue weighted by Crippen LogP contribution is 2.26. The Hall–Kier alpha value is -3.00. The first-order valence-electron chi connectivity index (χ1n) is 9.53. The van der Waals surface area contributed by atoms with Crippen molar-refractivity contribution < 1.29 is 31.2 Å². The summed E-state index contributed by atoms with van der Waals surface area (Å²) >= 11 is 0. The number of nitrogens with zero attached hydrogens (tertiary/aromatic N) is 2. The number of benzene rings is 2. The summed E-state index contributed by atoms with van der Waals surface area (Å²) in [5.74, 6) is -1.55. The number of hydrogen-bond donors (Lipinski definition) is 2. The van der Waals surface area contributed by atoms with E-state index in [9.17, 15) is 26.4 Å². The van der Waals surface area contributed by atoms with Crippen LogP contribution in [-0.2, 0) is 24.8 Å². The fourth-order valence-electron chi connectivity index (χ4n) is 2.63. The highest BCUT2D eigenvalue weighted by Gasteiger charge is 2.25. The summed E-state index contributed by atoms with van der Waals surface area (Å²) < 4.78 is 57.0. The lowest BCUT2D eigenvalue weighted by Crippen LogP contribution is -2.46. The lowest BCUT2D eigenvalue weighted by atomic mass is 10.2. The second-order valence-electron chi connectivity index (χ2n) is 7.23. The van der Waals surface area contributed by atoms with E-state index in [1.807, 2.05) is 6.92 Å². The van der Waals surface area contributed by atoms with Crippen molar-refractivity contribution in [2.75, 3.05) is 34.8 Å². The quantitative estimate of drug-likeness (QED) is 0.500. The Morgan fingerprint density at radius 1 is 0.909 bits per heavy atom. The van der Waals surface area contributed by atoms with E-state index in [1.54, 1.807) is 12.1 Å². The molecule has 0 aliphatic rings. The number of hydrogen-bond acceptors (Lipinski definition) is 7. The van der Waals surface area contributed by atoms with Crippen molar-refractivity contribution in [3.05, 3.63) is 53.6 Å². The summed E-state index contributed by atoms with van der Waals surface area (Å²) in [4.78, 5) is 24.4. The zero-order valence-corrected chi connectivity index (χ0v) is 20.5. The number of likely N-dealkylation sites (N-methyl/N-ethyl adjacent to an activating group) is 1. The molecule has 11 nitrogen and oxygen atoms in total. The molecule has 2 N–H and O–H groups in total. The highest BCUT2D eigenvalue weighted by atomic mass is 32.2. The second kappa shape index (κ2) is 10.3. The van der Waals surface area contributed by atoms with E-state index in [-0.39, 0.29) is 21.1 Å². The van der Waals surface area contributed by atoms with E-state index in [0.717, 1.165) is 20.2 Å². The minimum absolute atomic E-state index is 0.0281. The molecule has 13 heteroatoms. The topological polar surface area (TPSA) is 142 Å². The van der Waals surface area contributed by atoms with Crippen LogP contribution >= 0.6 is 0 Å². The Morgan fingerprint density at radius 3 is 2.06 bits per heavy atom. The molecular weight excluding hydrogens is 472 g/mol. The number of nitrogens with one attached hydrogen (secondary N) is 2. The van der Waals surface area contributed by atoms with Crippen LogP contribution in [0, 0.1) is 6.92 Å². The minimum Gasteiger partial charge on any atom is -0.495 e. The molecule has 0 atom stereocenters. The summed E-state index contributed by atoms with van der Waals surface area (Å²) in [7, 11) is -2.60. The van der Waals surface area contributed by atoms with Gasteiger partial charge in [0.15, 0.2) is 0 Å². The van der Waals surface area contributed by atoms with Crippen LogP contribution in [0.3, 0.4) is 0 Å². The van der Waals surface area contributed by atoms with E-state index >= 15 is 0 Å². The zero-order chi connectivity index (χ0) is 25.0. The van der Waals surface area contributed by atoms with Crippen LogP contribution in [0.5, 0.6) is 5.75 Å². The van der Waals surface area contributed by atoms with Gasteiger partial charge in [0.25, 0.3) is 11.8 Å². The molecule has 0 aliphatic carbocycles. The maximum absolute atomic E-state index is 12.6. The van der Waals surface area contributed by atoms with Crippen LogP contribution in [0.25, 0.3) is 0 Å². The third kappa shape index (κ3) is 6.07. The largest absolute Gasteiger partial charge is 0.495 e. The monoisotopic (exact) mass is 498 g/mol. The maximum atomic E-state index is 12.6. The van der Waals surface area contributed by atoms with Gasteiger partial charge in [0.05, 0.1) is 18.6 Å². The van der Waals surface area contributed by atoms with E-state index in [4.69, 9.17) is 4.74 Å². The molecule has 2 rings (SSSR count). The molecule has 2 aromatic rings. The molecule has 0 fully saturated rings. The van der Waals surface area contributed by atoms with Crippen LogP contribution < -0.4 is 15.6 Å². The smallest absolute Gasteiger partial charge is 0.269 e. The van der Waals surface area contributed by atoms with E-state index in [1.165, 1.54) is 52.5 Å². The van der Waals surface area contributed by atoms with Crippen LogP contribution in [0.2, 0.25) is 0 Å². The van der Waals surface area contributed by atoms with Gasteiger partial charge in [0.2, 0.25) is 20.0 Å². The number of carbonyl (C=O) groups is 2. The van der Waals surface area contributed by atoms with Gasteiger partial charge in [-0.15, -0.1) is 0 Å². The summed E-state index contributed by atoms with van der Waals surface area (Å²) in [5, 5.41) is 0. The van der Waals surface area contributed by atoms with Crippen molar-refractivity contribution >= 4 is 31.9 Å². The highest BCUT2D eigenvalue weighted by molar-refractivity contribution is 7.89. The number of aryl methyl sites for hydroxylation is 1. The van der Waals surface area contributed by atoms with Crippen LogP contribution in [-0.4, -0.2) is 72.1 Å². The van der Waals surface area contributed by atoms with E-state index in [2.05, 4.69) is 10.9 Å². The predicted molar refractivity (Wildman–Crippen MR) is 120 cm³/mol. The van der Waals surface area contributed by atoms with Crippen molar-refractivity contribution in [3.8, 4) is 5.75 Å². The molecule has 33 heavy (non-hydrogen) atoms. The fraction of sp³-hybridized carbons (Fsp3) is 0.300. The van der Waals surface area contributed by atoms with Crippen LogP contribution in [0.1, 0.15) is 15.9 Å². The molecule has 0 saturated carbocycles. The summed E-state index contributed by atoms with van der Waals surface area (Å²) in [6.45, 7) is 1.26. The predicted octanol–water partition coefficient (Wildman–Crippen LogP) is 0.336. The number of amides is 2. The zero-order valence-electron chi connectivity index (χ0n) is 18.8. The summed E-state index contributed by atoms with van der Waals surface area (Å²) in [6.07, 6.45) is 0. The molecule has 0 saturated heterocycles. The molecule has 0 radical (unpaired) electrons. The van der Waals surface area contributed by atoms with Gasteiger partial charge in [-0.3, -0.25) is 20.4 Å². The average Bonchev–Trinajstić information content (AvgIpc) is 2.77. The summed E-state index contributed by atoms with van der Waals surface area (Å²) in [5.41, 5.74) is 5.09. The van der Waals surface area contributed by atoms with Gasteiger partial charge in [-0.25, -0.2) is 21.1 Å². The molecule has 0 unspecified atom stereocenters. The molecule has 180 valence electrons. The Labute approximate surface area is 193 Å². The Balaban J connectivity index is 2.08. The van der Waals surface area contributed by atoms with Crippen molar-refractivity contribution in [1.29, 1.82) is 0 Å². The lowest BCUT2D eigenvalue weighted by molar-refractivity contribution is -0.121. The maximum Gasteiger partial charge on any atom is 0.269 e. The third-order valence-electron chi connectivity index (χ3n) is 4.60. The number of hydrazine groups is 1. The van der Waals surface area contributed by atoms with E-state index in [0.29, 0.717) is 0 Å². The number of rotatable bonds is 8. The summed E-state index contributed by atoms with van der Waals surface area (Å²) in [6, 6.07) is 9.90. The second-order valence-corrected chi connectivity index (χ2v) is 11.4. The average molecular weight is 499 g/mol. The third-order valence-corrected chi connectivity index (χ3v) is 8.25. The standard InChI is InChI=1S/C20H26N4O7S2/c1-14-6-9-16(10-7-14)32(27,28)24(4)13-19(25)21-22-20(26)15-8-11-17(31-5)18(12-15)33(29,30)23(2)3/h6-12H,13H2,1-5H3,(H,21,25)(H,22,26). The van der Waals surface area contributed by atoms with Gasteiger partial charge in [0, 0.05) is 26.7 Å². The lowest BCUT2D eigenvalue weighted by Gasteiger charge is -2.17. The molecule has 0 aromatic heterocycles.